The zero-order chi connectivity index (χ0) is 25.5. The smallest absolute Gasteiger partial charge is 0.271 e. The summed E-state index contributed by atoms with van der Waals surface area (Å²) in [6.45, 7) is 2.78. The van der Waals surface area contributed by atoms with Crippen molar-refractivity contribution in [2.45, 2.75) is 25.0 Å². The lowest BCUT2D eigenvalue weighted by atomic mass is 10.2. The van der Waals surface area contributed by atoms with E-state index in [0.717, 1.165) is 11.8 Å². The number of carbonyl (C=O) groups excluding carboxylic acids is 2. The van der Waals surface area contributed by atoms with Crippen LogP contribution in [-0.4, -0.2) is 43.8 Å². The predicted octanol–water partition coefficient (Wildman–Crippen LogP) is 4.87. The molecule has 2 amide bonds. The molecule has 3 aromatic rings. The molecule has 0 saturated carbocycles. The van der Waals surface area contributed by atoms with Gasteiger partial charge < -0.3 is 15.2 Å². The Morgan fingerprint density at radius 2 is 1.83 bits per heavy atom. The first-order valence-electron chi connectivity index (χ1n) is 10.2. The SMILES string of the molecule is CCn1c(CCNC(=O)c2ccc(Cl)c(Cl)c2)nnc1SCC(=O)Nc1cc([N+](=O)[O-])ccc1Cl. The van der Waals surface area contributed by atoms with Crippen molar-refractivity contribution in [1.29, 1.82) is 0 Å². The minimum Gasteiger partial charge on any atom is -0.352 e. The second kappa shape index (κ2) is 12.2. The third kappa shape index (κ3) is 7.07. The molecule has 0 aliphatic carbocycles. The van der Waals surface area contributed by atoms with E-state index in [-0.39, 0.29) is 28.1 Å². The minimum atomic E-state index is -0.570. The largest absolute Gasteiger partial charge is 0.352 e. The Bertz CT molecular complexity index is 1270. The Labute approximate surface area is 219 Å². The quantitative estimate of drug-likeness (QED) is 0.206. The van der Waals surface area contributed by atoms with E-state index in [4.69, 9.17) is 34.8 Å². The van der Waals surface area contributed by atoms with Crippen LogP contribution in [0.5, 0.6) is 0 Å². The molecule has 0 radical (unpaired) electrons. The normalized spacial score (nSPS) is 10.7. The summed E-state index contributed by atoms with van der Waals surface area (Å²) in [6.07, 6.45) is 0.421. The van der Waals surface area contributed by atoms with E-state index in [1.54, 1.807) is 12.1 Å². The number of hydrogen-bond donors (Lipinski definition) is 2. The highest BCUT2D eigenvalue weighted by Crippen LogP contribution is 2.27. The highest BCUT2D eigenvalue weighted by atomic mass is 35.5. The van der Waals surface area contributed by atoms with Crippen molar-refractivity contribution in [1.82, 2.24) is 20.1 Å². The summed E-state index contributed by atoms with van der Waals surface area (Å²) in [6, 6.07) is 8.43. The van der Waals surface area contributed by atoms with Crippen molar-refractivity contribution < 1.29 is 14.5 Å². The molecule has 0 spiro atoms. The second-order valence-corrected chi connectivity index (χ2v) is 9.20. The summed E-state index contributed by atoms with van der Waals surface area (Å²) in [5.41, 5.74) is 0.364. The first kappa shape index (κ1) is 26.7. The van der Waals surface area contributed by atoms with Crippen LogP contribution in [0.25, 0.3) is 0 Å². The summed E-state index contributed by atoms with van der Waals surface area (Å²) >= 11 is 19.0. The third-order valence-electron chi connectivity index (χ3n) is 4.69. The number of nitrogens with zero attached hydrogens (tertiary/aromatic N) is 4. The molecule has 3 rings (SSSR count). The molecule has 35 heavy (non-hydrogen) atoms. The van der Waals surface area contributed by atoms with Gasteiger partial charge in [-0.2, -0.15) is 0 Å². The standard InChI is InChI=1S/C21H19Cl3N6O4S/c1-2-29-18(7-8-25-20(32)12-3-5-14(22)16(24)9-12)27-28-21(29)35-11-19(31)26-17-10-13(30(33)34)4-6-15(17)23/h3-6,9-10H,2,7-8,11H2,1H3,(H,25,32)(H,26,31). The van der Waals surface area contributed by atoms with Crippen LogP contribution in [0.3, 0.4) is 0 Å². The van der Waals surface area contributed by atoms with E-state index in [0.29, 0.717) is 46.1 Å². The van der Waals surface area contributed by atoms with E-state index in [1.807, 2.05) is 11.5 Å². The molecule has 10 nitrogen and oxygen atoms in total. The number of thioether (sulfide) groups is 1. The van der Waals surface area contributed by atoms with E-state index in [9.17, 15) is 19.7 Å². The minimum absolute atomic E-state index is 0.00871. The Balaban J connectivity index is 1.55. The van der Waals surface area contributed by atoms with Crippen molar-refractivity contribution >= 4 is 69.8 Å². The molecular formula is C21H19Cl3N6O4S. The zero-order valence-corrected chi connectivity index (χ0v) is 21.3. The van der Waals surface area contributed by atoms with Gasteiger partial charge in [-0.15, -0.1) is 10.2 Å². The number of halogens is 3. The lowest BCUT2D eigenvalue weighted by Crippen LogP contribution is -2.26. The van der Waals surface area contributed by atoms with Crippen LogP contribution in [0.4, 0.5) is 11.4 Å². The van der Waals surface area contributed by atoms with E-state index < -0.39 is 10.8 Å². The van der Waals surface area contributed by atoms with Crippen molar-refractivity contribution in [2.24, 2.45) is 0 Å². The fourth-order valence-electron chi connectivity index (χ4n) is 2.99. The number of aromatic nitrogens is 3. The number of nitrogens with one attached hydrogen (secondary N) is 2. The van der Waals surface area contributed by atoms with Crippen LogP contribution in [-0.2, 0) is 17.8 Å². The van der Waals surface area contributed by atoms with Crippen LogP contribution in [0.2, 0.25) is 15.1 Å². The molecule has 2 N–H and O–H groups in total. The fraction of sp³-hybridized carbons (Fsp3) is 0.238. The highest BCUT2D eigenvalue weighted by molar-refractivity contribution is 7.99. The number of nitro groups is 1. The number of non-ortho nitro benzene ring substituents is 1. The maximum atomic E-state index is 12.4. The monoisotopic (exact) mass is 556 g/mol. The molecule has 0 unspecified atom stereocenters. The zero-order valence-electron chi connectivity index (χ0n) is 18.3. The molecule has 184 valence electrons. The van der Waals surface area contributed by atoms with Crippen molar-refractivity contribution in [2.75, 3.05) is 17.6 Å². The highest BCUT2D eigenvalue weighted by Gasteiger charge is 2.16. The predicted molar refractivity (Wildman–Crippen MR) is 136 cm³/mol. The topological polar surface area (TPSA) is 132 Å². The lowest BCUT2D eigenvalue weighted by Gasteiger charge is -2.09. The number of nitro benzene ring substituents is 1. The van der Waals surface area contributed by atoms with Gasteiger partial charge in [0, 0.05) is 37.2 Å². The summed E-state index contributed by atoms with van der Waals surface area (Å²) in [5.74, 6) is -0.0622. The maximum Gasteiger partial charge on any atom is 0.271 e. The van der Waals surface area contributed by atoms with Crippen LogP contribution < -0.4 is 10.6 Å². The van der Waals surface area contributed by atoms with Crippen LogP contribution in [0.1, 0.15) is 23.1 Å². The van der Waals surface area contributed by atoms with Crippen molar-refractivity contribution in [3.05, 3.63) is 73.0 Å². The van der Waals surface area contributed by atoms with Gasteiger partial charge >= 0.3 is 0 Å². The third-order valence-corrected chi connectivity index (χ3v) is 6.73. The molecule has 1 heterocycles. The van der Waals surface area contributed by atoms with Gasteiger partial charge in [0.1, 0.15) is 5.82 Å². The Morgan fingerprint density at radius 1 is 1.09 bits per heavy atom. The number of rotatable bonds is 10. The van der Waals surface area contributed by atoms with Gasteiger partial charge in [0.25, 0.3) is 11.6 Å². The van der Waals surface area contributed by atoms with Gasteiger partial charge in [-0.3, -0.25) is 19.7 Å². The summed E-state index contributed by atoms with van der Waals surface area (Å²) in [7, 11) is 0. The fourth-order valence-corrected chi connectivity index (χ4v) is 4.28. The molecule has 0 fully saturated rings. The number of carbonyl (C=O) groups is 2. The maximum absolute atomic E-state index is 12.4. The Morgan fingerprint density at radius 3 is 2.51 bits per heavy atom. The second-order valence-electron chi connectivity index (χ2n) is 7.04. The van der Waals surface area contributed by atoms with Gasteiger partial charge in [0.2, 0.25) is 5.91 Å². The van der Waals surface area contributed by atoms with Gasteiger partial charge in [-0.25, -0.2) is 0 Å². The molecule has 2 aromatic carbocycles. The van der Waals surface area contributed by atoms with E-state index in [2.05, 4.69) is 20.8 Å². The Kier molecular flexibility index (Phi) is 9.33. The molecule has 1 aromatic heterocycles. The first-order chi connectivity index (χ1) is 16.7. The number of amides is 2. The molecule has 0 bridgehead atoms. The van der Waals surface area contributed by atoms with Crippen LogP contribution in [0, 0.1) is 10.1 Å². The average Bonchev–Trinajstić information content (AvgIpc) is 3.22. The van der Waals surface area contributed by atoms with Gasteiger partial charge in [-0.05, 0) is 31.2 Å². The first-order valence-corrected chi connectivity index (χ1v) is 12.3. The van der Waals surface area contributed by atoms with Gasteiger partial charge in [0.05, 0.1) is 31.4 Å². The van der Waals surface area contributed by atoms with Gasteiger partial charge in [0.15, 0.2) is 5.16 Å². The molecule has 0 saturated heterocycles. The molecule has 0 aliphatic rings. The van der Waals surface area contributed by atoms with Gasteiger partial charge in [-0.1, -0.05) is 46.6 Å². The summed E-state index contributed by atoms with van der Waals surface area (Å²) < 4.78 is 1.84. The number of benzene rings is 2. The van der Waals surface area contributed by atoms with E-state index in [1.165, 1.54) is 24.3 Å². The van der Waals surface area contributed by atoms with Crippen molar-refractivity contribution in [3.63, 3.8) is 0 Å². The van der Waals surface area contributed by atoms with Crippen LogP contribution in [0.15, 0.2) is 41.6 Å². The molecule has 14 heteroatoms. The molecule has 0 aliphatic heterocycles. The molecule has 0 atom stereocenters. The Hall–Kier alpha value is -2.86. The van der Waals surface area contributed by atoms with Crippen LogP contribution >= 0.6 is 46.6 Å². The summed E-state index contributed by atoms with van der Waals surface area (Å²) in [5, 5.41) is 26.0. The summed E-state index contributed by atoms with van der Waals surface area (Å²) in [4.78, 5) is 35.1. The average molecular weight is 558 g/mol. The van der Waals surface area contributed by atoms with Crippen molar-refractivity contribution in [3.8, 4) is 0 Å². The molecular weight excluding hydrogens is 539 g/mol. The number of hydrogen-bond acceptors (Lipinski definition) is 7. The van der Waals surface area contributed by atoms with E-state index >= 15 is 0 Å². The lowest BCUT2D eigenvalue weighted by molar-refractivity contribution is -0.384. The number of anilines is 1.